The van der Waals surface area contributed by atoms with Gasteiger partial charge in [-0.05, 0) is 56.0 Å². The summed E-state index contributed by atoms with van der Waals surface area (Å²) in [7, 11) is 0. The summed E-state index contributed by atoms with van der Waals surface area (Å²) >= 11 is 1.31. The molecule has 7 nitrogen and oxygen atoms in total. The monoisotopic (exact) mass is 593 g/mol. The molecular weight excluding hydrogens is 563 g/mol. The number of hydrogen-bond donors (Lipinski definition) is 1. The molecule has 0 radical (unpaired) electrons. The number of hydrogen-bond acceptors (Lipinski definition) is 7. The first-order valence-corrected chi connectivity index (χ1v) is 14.5. The molecule has 1 N–H and O–H groups in total. The Labute approximate surface area is 246 Å². The molecule has 4 aromatic rings. The van der Waals surface area contributed by atoms with E-state index < -0.39 is 11.7 Å². The second-order valence-electron chi connectivity index (χ2n) is 10.6. The zero-order valence-corrected chi connectivity index (χ0v) is 24.3. The van der Waals surface area contributed by atoms with Crippen molar-refractivity contribution in [3.63, 3.8) is 0 Å². The number of aromatic nitrogens is 3. The Morgan fingerprint density at radius 2 is 2.02 bits per heavy atom. The van der Waals surface area contributed by atoms with Gasteiger partial charge in [0, 0.05) is 30.7 Å². The number of benzene rings is 2. The second-order valence-corrected chi connectivity index (χ2v) is 11.6. The SMILES string of the molecule is CC(=O)Nc1nc2c(Oc3cc(-c4ccc(C(F)(F)F)cc4C#CC4CCCCN4CC(C)C)ncn3)cccc2s1. The molecule has 3 heterocycles. The lowest BCUT2D eigenvalue weighted by atomic mass is 9.98. The van der Waals surface area contributed by atoms with Crippen molar-refractivity contribution in [2.75, 3.05) is 18.4 Å². The first kappa shape index (κ1) is 29.5. The van der Waals surface area contributed by atoms with Crippen LogP contribution in [0.3, 0.4) is 0 Å². The number of carbonyl (C=O) groups is 1. The molecule has 5 rings (SSSR count). The van der Waals surface area contributed by atoms with Crippen LogP contribution in [0.1, 0.15) is 51.2 Å². The summed E-state index contributed by atoms with van der Waals surface area (Å²) < 4.78 is 47.9. The van der Waals surface area contributed by atoms with Crippen LogP contribution in [0.25, 0.3) is 21.5 Å². The van der Waals surface area contributed by atoms with E-state index in [2.05, 4.69) is 50.9 Å². The maximum Gasteiger partial charge on any atom is 0.416 e. The molecule has 2 aromatic carbocycles. The lowest BCUT2D eigenvalue weighted by Crippen LogP contribution is -2.40. The van der Waals surface area contributed by atoms with E-state index >= 15 is 0 Å². The number of alkyl halides is 3. The number of nitrogens with one attached hydrogen (secondary N) is 1. The average Bonchev–Trinajstić information content (AvgIpc) is 3.34. The fourth-order valence-corrected chi connectivity index (χ4v) is 5.84. The first-order valence-electron chi connectivity index (χ1n) is 13.7. The maximum atomic E-state index is 13.7. The van der Waals surface area contributed by atoms with Gasteiger partial charge < -0.3 is 10.1 Å². The van der Waals surface area contributed by atoms with Gasteiger partial charge in [-0.2, -0.15) is 13.2 Å². The van der Waals surface area contributed by atoms with Crippen LogP contribution in [-0.4, -0.2) is 44.9 Å². The van der Waals surface area contributed by atoms with Crippen LogP contribution in [0, 0.1) is 17.8 Å². The van der Waals surface area contributed by atoms with Gasteiger partial charge in [-0.15, -0.1) is 0 Å². The van der Waals surface area contributed by atoms with Crippen LogP contribution in [-0.2, 0) is 11.0 Å². The smallest absolute Gasteiger partial charge is 0.416 e. The maximum absolute atomic E-state index is 13.7. The molecule has 0 spiro atoms. The number of rotatable bonds is 6. The Hall–Kier alpha value is -4.01. The molecule has 0 aliphatic carbocycles. The number of ether oxygens (including phenoxy) is 1. The highest BCUT2D eigenvalue weighted by Crippen LogP contribution is 2.36. The van der Waals surface area contributed by atoms with E-state index in [0.29, 0.717) is 33.6 Å². The van der Waals surface area contributed by atoms with Gasteiger partial charge in [-0.3, -0.25) is 9.69 Å². The lowest BCUT2D eigenvalue weighted by molar-refractivity contribution is -0.137. The van der Waals surface area contributed by atoms with E-state index in [9.17, 15) is 18.0 Å². The van der Waals surface area contributed by atoms with Crippen LogP contribution in [0.2, 0.25) is 0 Å². The van der Waals surface area contributed by atoms with Crippen LogP contribution in [0.4, 0.5) is 18.3 Å². The molecular formula is C31H30F3N5O2S. The largest absolute Gasteiger partial charge is 0.437 e. The summed E-state index contributed by atoms with van der Waals surface area (Å²) in [5.74, 6) is 7.18. The van der Waals surface area contributed by atoms with Crippen molar-refractivity contribution in [2.24, 2.45) is 5.92 Å². The van der Waals surface area contributed by atoms with Crippen LogP contribution >= 0.6 is 11.3 Å². The van der Waals surface area contributed by atoms with Crippen molar-refractivity contribution in [1.82, 2.24) is 19.9 Å². The molecule has 1 atom stereocenters. The lowest BCUT2D eigenvalue weighted by Gasteiger charge is -2.33. The van der Waals surface area contributed by atoms with Crippen molar-refractivity contribution in [1.29, 1.82) is 0 Å². The molecule has 1 unspecified atom stereocenters. The average molecular weight is 594 g/mol. The van der Waals surface area contributed by atoms with Crippen LogP contribution < -0.4 is 10.1 Å². The highest BCUT2D eigenvalue weighted by atomic mass is 32.1. The second kappa shape index (κ2) is 12.5. The number of para-hydroxylation sites is 1. The Morgan fingerprint density at radius 3 is 2.79 bits per heavy atom. The minimum atomic E-state index is -4.51. The summed E-state index contributed by atoms with van der Waals surface area (Å²) in [5, 5.41) is 3.12. The molecule has 1 saturated heterocycles. The summed E-state index contributed by atoms with van der Waals surface area (Å²) in [6.07, 6.45) is -0.202. The van der Waals surface area contributed by atoms with E-state index in [4.69, 9.17) is 4.74 Å². The predicted octanol–water partition coefficient (Wildman–Crippen LogP) is 7.38. The predicted molar refractivity (Wildman–Crippen MR) is 157 cm³/mol. The van der Waals surface area contributed by atoms with Gasteiger partial charge in [-0.25, -0.2) is 15.0 Å². The minimum absolute atomic E-state index is 0.0196. The Bertz CT molecular complexity index is 1660. The Morgan fingerprint density at radius 1 is 1.19 bits per heavy atom. The number of anilines is 1. The number of likely N-dealkylation sites (tertiary alicyclic amines) is 1. The standard InChI is InChI=1S/C31H30F3N5O2S/c1-19(2)17-39-14-5-4-7-23(39)12-10-21-15-22(31(32,33)34)11-13-24(21)25-16-28(36-18-35-25)41-26-8-6-9-27-29(26)38-30(42-27)37-20(3)40/h6,8-9,11,13,15-16,18-19,23H,4-5,7,14,17H2,1-3H3,(H,37,38,40). The van der Waals surface area contributed by atoms with E-state index in [-0.39, 0.29) is 23.4 Å². The molecule has 1 aliphatic rings. The molecule has 42 heavy (non-hydrogen) atoms. The third-order valence-electron chi connectivity index (χ3n) is 6.73. The fraction of sp³-hybridized carbons (Fsp3) is 0.355. The minimum Gasteiger partial charge on any atom is -0.437 e. The third-order valence-corrected chi connectivity index (χ3v) is 7.67. The summed E-state index contributed by atoms with van der Waals surface area (Å²) in [6.45, 7) is 7.52. The Balaban J connectivity index is 1.49. The molecule has 11 heteroatoms. The number of piperidine rings is 1. The number of fused-ring (bicyclic) bond motifs is 1. The van der Waals surface area contributed by atoms with E-state index in [1.807, 2.05) is 6.07 Å². The third kappa shape index (κ3) is 7.06. The number of carbonyl (C=O) groups excluding carboxylic acids is 1. The van der Waals surface area contributed by atoms with E-state index in [1.165, 1.54) is 30.7 Å². The molecule has 0 saturated carbocycles. The van der Waals surface area contributed by atoms with E-state index in [1.54, 1.807) is 18.2 Å². The molecule has 1 aliphatic heterocycles. The molecule has 0 bridgehead atoms. The van der Waals surface area contributed by atoms with Gasteiger partial charge >= 0.3 is 6.18 Å². The van der Waals surface area contributed by atoms with Gasteiger partial charge in [0.05, 0.1) is 22.0 Å². The highest BCUT2D eigenvalue weighted by Gasteiger charge is 2.31. The number of halogens is 3. The van der Waals surface area contributed by atoms with Crippen molar-refractivity contribution in [3.05, 3.63) is 59.9 Å². The van der Waals surface area contributed by atoms with Crippen molar-refractivity contribution in [2.45, 2.75) is 52.3 Å². The topological polar surface area (TPSA) is 80.2 Å². The summed E-state index contributed by atoms with van der Waals surface area (Å²) in [4.78, 5) is 26.8. The van der Waals surface area contributed by atoms with Gasteiger partial charge in [0.25, 0.3) is 0 Å². The molecule has 2 aromatic heterocycles. The van der Waals surface area contributed by atoms with Gasteiger partial charge in [-0.1, -0.05) is 49.2 Å². The number of nitrogens with zero attached hydrogens (tertiary/aromatic N) is 4. The quantitative estimate of drug-likeness (QED) is 0.235. The van der Waals surface area contributed by atoms with E-state index in [0.717, 1.165) is 49.2 Å². The number of thiazole rings is 1. The van der Waals surface area contributed by atoms with Gasteiger partial charge in [0.2, 0.25) is 11.8 Å². The zero-order valence-electron chi connectivity index (χ0n) is 23.5. The van der Waals surface area contributed by atoms with Gasteiger partial charge in [0.15, 0.2) is 10.9 Å². The molecule has 1 amide bonds. The summed E-state index contributed by atoms with van der Waals surface area (Å²) in [5.41, 5.74) is 0.852. The zero-order chi connectivity index (χ0) is 29.9. The first-order chi connectivity index (χ1) is 20.1. The van der Waals surface area contributed by atoms with Crippen molar-refractivity contribution in [3.8, 4) is 34.7 Å². The molecule has 218 valence electrons. The van der Waals surface area contributed by atoms with Crippen molar-refractivity contribution >= 4 is 32.6 Å². The van der Waals surface area contributed by atoms with Gasteiger partial charge in [0.1, 0.15) is 11.8 Å². The van der Waals surface area contributed by atoms with Crippen molar-refractivity contribution < 1.29 is 22.7 Å². The Kier molecular flexibility index (Phi) is 8.75. The van der Waals surface area contributed by atoms with Crippen LogP contribution in [0.15, 0.2) is 48.8 Å². The highest BCUT2D eigenvalue weighted by molar-refractivity contribution is 7.22. The normalized spacial score (nSPS) is 15.8. The number of amides is 1. The fourth-order valence-electron chi connectivity index (χ4n) is 4.92. The van der Waals surface area contributed by atoms with Crippen LogP contribution in [0.5, 0.6) is 11.6 Å². The molecule has 1 fully saturated rings. The summed E-state index contributed by atoms with van der Waals surface area (Å²) in [6, 6.07) is 10.4.